The molecular formula is C15H25+. The topological polar surface area (TPSA) is 0 Å². The Labute approximate surface area is 94.8 Å². The van der Waals surface area contributed by atoms with E-state index in [9.17, 15) is 0 Å². The van der Waals surface area contributed by atoms with Crippen LogP contribution in [0, 0.1) is 40.9 Å². The highest BCUT2D eigenvalue weighted by Crippen LogP contribution is 2.70. The van der Waals surface area contributed by atoms with Gasteiger partial charge >= 0.3 is 0 Å². The number of hydrogen-bond donors (Lipinski definition) is 0. The van der Waals surface area contributed by atoms with Crippen LogP contribution in [-0.4, -0.2) is 0 Å². The van der Waals surface area contributed by atoms with Crippen LogP contribution in [0.3, 0.4) is 0 Å². The average Bonchev–Trinajstić information content (AvgIpc) is 2.55. The van der Waals surface area contributed by atoms with Crippen molar-refractivity contribution in [2.24, 2.45) is 35.0 Å². The average molecular weight is 205 g/mol. The Bertz CT molecular complexity index is 265. The van der Waals surface area contributed by atoms with Crippen LogP contribution in [0.15, 0.2) is 0 Å². The summed E-state index contributed by atoms with van der Waals surface area (Å²) in [5, 5.41) is 0. The number of hydrogen-bond acceptors (Lipinski definition) is 0. The standard InChI is InChI=1S/C15H25/c1-9-6-8-12-14(15(12,3)4)13-10(2)5-7-11(9)13/h10-14H,5-8H2,1-4H3/q+1/t10-,11?,12-,13?,14-/m1/s1. The van der Waals surface area contributed by atoms with Crippen molar-refractivity contribution in [3.8, 4) is 0 Å². The fraction of sp³-hybridized carbons (Fsp3) is 0.933. The Morgan fingerprint density at radius 3 is 2.60 bits per heavy atom. The van der Waals surface area contributed by atoms with Gasteiger partial charge in [0.05, 0.1) is 19.3 Å². The van der Waals surface area contributed by atoms with Crippen LogP contribution in [0.25, 0.3) is 0 Å². The van der Waals surface area contributed by atoms with Gasteiger partial charge in [0.1, 0.15) is 5.92 Å². The van der Waals surface area contributed by atoms with Crippen molar-refractivity contribution in [3.05, 3.63) is 5.92 Å². The minimum Gasteiger partial charge on any atom is -0.0621 e. The van der Waals surface area contributed by atoms with Gasteiger partial charge in [-0.1, -0.05) is 20.8 Å². The van der Waals surface area contributed by atoms with Crippen molar-refractivity contribution in [2.75, 3.05) is 0 Å². The van der Waals surface area contributed by atoms with E-state index in [2.05, 4.69) is 27.7 Å². The highest BCUT2D eigenvalue weighted by Gasteiger charge is 2.67. The van der Waals surface area contributed by atoms with E-state index in [0.717, 1.165) is 29.6 Å². The molecule has 0 N–H and O–H groups in total. The Morgan fingerprint density at radius 1 is 1.13 bits per heavy atom. The molecule has 0 heteroatoms. The van der Waals surface area contributed by atoms with E-state index < -0.39 is 0 Å². The first-order chi connectivity index (χ1) is 7.03. The molecule has 0 bridgehead atoms. The van der Waals surface area contributed by atoms with Gasteiger partial charge in [-0.3, -0.25) is 0 Å². The lowest BCUT2D eigenvalue weighted by Gasteiger charge is -2.22. The summed E-state index contributed by atoms with van der Waals surface area (Å²) in [5.74, 6) is 7.01. The van der Waals surface area contributed by atoms with Crippen LogP contribution in [0.4, 0.5) is 0 Å². The highest BCUT2D eigenvalue weighted by molar-refractivity contribution is 5.17. The minimum atomic E-state index is 0.683. The second-order valence-corrected chi connectivity index (χ2v) is 7.08. The van der Waals surface area contributed by atoms with Gasteiger partial charge in [-0.05, 0) is 42.4 Å². The zero-order chi connectivity index (χ0) is 10.8. The van der Waals surface area contributed by atoms with Gasteiger partial charge in [0.25, 0.3) is 0 Å². The van der Waals surface area contributed by atoms with Gasteiger partial charge in [-0.2, -0.15) is 0 Å². The molecule has 0 nitrogen and oxygen atoms in total. The third kappa shape index (κ3) is 1.23. The molecule has 84 valence electrons. The maximum atomic E-state index is 2.52. The summed E-state index contributed by atoms with van der Waals surface area (Å²) in [6, 6.07) is 0. The van der Waals surface area contributed by atoms with E-state index in [1.807, 2.05) is 5.92 Å². The first kappa shape index (κ1) is 10.1. The van der Waals surface area contributed by atoms with Crippen LogP contribution in [0.1, 0.15) is 53.4 Å². The zero-order valence-corrected chi connectivity index (χ0v) is 10.7. The SMILES string of the molecule is C[C+]1CC[C@@H]2[C@H](C3C1CC[C@H]3C)C2(C)C. The summed E-state index contributed by atoms with van der Waals surface area (Å²) < 4.78 is 0. The summed E-state index contributed by atoms with van der Waals surface area (Å²) in [4.78, 5) is 0. The van der Waals surface area contributed by atoms with Crippen LogP contribution in [-0.2, 0) is 0 Å². The molecule has 0 aromatic heterocycles. The van der Waals surface area contributed by atoms with Gasteiger partial charge in [-0.25, -0.2) is 0 Å². The number of rotatable bonds is 0. The van der Waals surface area contributed by atoms with Crippen molar-refractivity contribution in [1.82, 2.24) is 0 Å². The summed E-state index contributed by atoms with van der Waals surface area (Å²) in [6.45, 7) is 9.98. The fourth-order valence-electron chi connectivity index (χ4n) is 5.07. The molecule has 0 aromatic carbocycles. The third-order valence-electron chi connectivity index (χ3n) is 6.09. The first-order valence-electron chi connectivity index (χ1n) is 6.86. The van der Waals surface area contributed by atoms with Crippen molar-refractivity contribution in [1.29, 1.82) is 0 Å². The van der Waals surface area contributed by atoms with Crippen molar-refractivity contribution in [3.63, 3.8) is 0 Å². The van der Waals surface area contributed by atoms with Gasteiger partial charge in [0, 0.05) is 5.92 Å². The van der Waals surface area contributed by atoms with Gasteiger partial charge in [0.2, 0.25) is 0 Å². The summed E-state index contributed by atoms with van der Waals surface area (Å²) in [7, 11) is 0. The molecule has 0 aliphatic heterocycles. The molecular weight excluding hydrogens is 180 g/mol. The quantitative estimate of drug-likeness (QED) is 0.517. The summed E-state index contributed by atoms with van der Waals surface area (Å²) in [5.41, 5.74) is 0.683. The van der Waals surface area contributed by atoms with Crippen LogP contribution in [0.5, 0.6) is 0 Å². The molecule has 0 saturated heterocycles. The van der Waals surface area contributed by atoms with Crippen LogP contribution >= 0.6 is 0 Å². The molecule has 0 spiro atoms. The molecule has 3 saturated carbocycles. The Hall–Kier alpha value is -0.130. The monoisotopic (exact) mass is 205 g/mol. The number of fused-ring (bicyclic) bond motifs is 3. The Balaban J connectivity index is 1.90. The minimum absolute atomic E-state index is 0.683. The highest BCUT2D eigenvalue weighted by atomic mass is 14.7. The fourth-order valence-corrected chi connectivity index (χ4v) is 5.07. The molecule has 3 aliphatic rings. The molecule has 0 aromatic rings. The lowest BCUT2D eigenvalue weighted by Crippen LogP contribution is -2.21. The van der Waals surface area contributed by atoms with E-state index in [4.69, 9.17) is 0 Å². The predicted octanol–water partition coefficient (Wildman–Crippen LogP) is 4.31. The van der Waals surface area contributed by atoms with E-state index in [1.165, 1.54) is 25.7 Å². The molecule has 3 rings (SSSR count). The summed E-state index contributed by atoms with van der Waals surface area (Å²) >= 11 is 0. The predicted molar refractivity (Wildman–Crippen MR) is 64.3 cm³/mol. The third-order valence-corrected chi connectivity index (χ3v) is 6.09. The van der Waals surface area contributed by atoms with Crippen molar-refractivity contribution in [2.45, 2.75) is 53.4 Å². The second kappa shape index (κ2) is 2.96. The molecule has 5 atom stereocenters. The van der Waals surface area contributed by atoms with E-state index in [0.29, 0.717) is 5.41 Å². The van der Waals surface area contributed by atoms with E-state index >= 15 is 0 Å². The first-order valence-corrected chi connectivity index (χ1v) is 6.86. The molecule has 3 aliphatic carbocycles. The van der Waals surface area contributed by atoms with Crippen molar-refractivity contribution >= 4 is 0 Å². The van der Waals surface area contributed by atoms with Crippen molar-refractivity contribution < 1.29 is 0 Å². The van der Waals surface area contributed by atoms with Gasteiger partial charge in [0.15, 0.2) is 0 Å². The molecule has 0 heterocycles. The maximum Gasteiger partial charge on any atom is 0.103 e. The largest absolute Gasteiger partial charge is 0.103 e. The van der Waals surface area contributed by atoms with E-state index in [-0.39, 0.29) is 0 Å². The lowest BCUT2D eigenvalue weighted by atomic mass is 9.77. The maximum absolute atomic E-state index is 2.52. The van der Waals surface area contributed by atoms with Gasteiger partial charge in [-0.15, -0.1) is 0 Å². The second-order valence-electron chi connectivity index (χ2n) is 7.08. The normalized spacial score (nSPS) is 52.0. The van der Waals surface area contributed by atoms with Gasteiger partial charge < -0.3 is 0 Å². The molecule has 0 amide bonds. The molecule has 0 radical (unpaired) electrons. The van der Waals surface area contributed by atoms with E-state index in [1.54, 1.807) is 0 Å². The molecule has 15 heavy (non-hydrogen) atoms. The van der Waals surface area contributed by atoms with Crippen LogP contribution in [0.2, 0.25) is 0 Å². The smallest absolute Gasteiger partial charge is 0.0621 e. The lowest BCUT2D eigenvalue weighted by molar-refractivity contribution is 0.264. The Kier molecular flexibility index (Phi) is 1.98. The molecule has 2 unspecified atom stereocenters. The Morgan fingerprint density at radius 2 is 1.87 bits per heavy atom. The zero-order valence-electron chi connectivity index (χ0n) is 10.7. The van der Waals surface area contributed by atoms with Crippen LogP contribution < -0.4 is 0 Å². The summed E-state index contributed by atoms with van der Waals surface area (Å²) in [6.07, 6.45) is 5.91. The molecule has 3 fully saturated rings.